The summed E-state index contributed by atoms with van der Waals surface area (Å²) in [5.41, 5.74) is 3.34. The fourth-order valence-electron chi connectivity index (χ4n) is 4.19. The predicted molar refractivity (Wildman–Crippen MR) is 139 cm³/mol. The van der Waals surface area contributed by atoms with Crippen LogP contribution in [-0.2, 0) is 16.0 Å². The van der Waals surface area contributed by atoms with Crippen LogP contribution in [0.3, 0.4) is 0 Å². The highest BCUT2D eigenvalue weighted by molar-refractivity contribution is 6.23. The van der Waals surface area contributed by atoms with Gasteiger partial charge in [0.15, 0.2) is 6.04 Å². The first-order valence-electron chi connectivity index (χ1n) is 11.6. The minimum atomic E-state index is -0.934. The quantitative estimate of drug-likeness (QED) is 0.513. The van der Waals surface area contributed by atoms with E-state index in [1.54, 1.807) is 38.4 Å². The van der Waals surface area contributed by atoms with E-state index in [1.165, 1.54) is 6.92 Å². The van der Waals surface area contributed by atoms with Gasteiger partial charge < -0.3 is 24.4 Å². The average molecular weight is 488 g/mol. The Bertz CT molecular complexity index is 1260. The van der Waals surface area contributed by atoms with Crippen molar-refractivity contribution in [2.24, 2.45) is 4.99 Å². The summed E-state index contributed by atoms with van der Waals surface area (Å²) >= 11 is 0. The van der Waals surface area contributed by atoms with Crippen molar-refractivity contribution in [1.29, 1.82) is 0 Å². The molecule has 8 heteroatoms. The van der Waals surface area contributed by atoms with Gasteiger partial charge in [0, 0.05) is 19.5 Å². The Morgan fingerprint density at radius 1 is 0.917 bits per heavy atom. The first-order chi connectivity index (χ1) is 17.4. The van der Waals surface area contributed by atoms with Gasteiger partial charge >= 0.3 is 0 Å². The van der Waals surface area contributed by atoms with E-state index in [-0.39, 0.29) is 18.4 Å². The number of carbonyl (C=O) groups excluding carboxylic acids is 2. The Morgan fingerprint density at radius 2 is 1.56 bits per heavy atom. The summed E-state index contributed by atoms with van der Waals surface area (Å²) in [5.74, 6) is 1.43. The van der Waals surface area contributed by atoms with Crippen molar-refractivity contribution in [2.45, 2.75) is 19.4 Å². The largest absolute Gasteiger partial charge is 0.497 e. The zero-order valence-electron chi connectivity index (χ0n) is 20.8. The van der Waals surface area contributed by atoms with Crippen LogP contribution in [0.25, 0.3) is 0 Å². The van der Waals surface area contributed by atoms with Crippen LogP contribution in [0.2, 0.25) is 0 Å². The molecule has 8 nitrogen and oxygen atoms in total. The van der Waals surface area contributed by atoms with Gasteiger partial charge in [-0.05, 0) is 66.1 Å². The molecule has 1 atom stereocenters. The predicted octanol–water partition coefficient (Wildman–Crippen LogP) is 4.25. The number of amides is 2. The van der Waals surface area contributed by atoms with Gasteiger partial charge in [-0.15, -0.1) is 0 Å². The second-order valence-corrected chi connectivity index (χ2v) is 8.32. The third-order valence-corrected chi connectivity index (χ3v) is 6.06. The number of aliphatic imine (C=N–C) groups is 1. The van der Waals surface area contributed by atoms with E-state index in [4.69, 9.17) is 19.2 Å². The maximum absolute atomic E-state index is 13.6. The molecule has 186 valence electrons. The smallest absolute Gasteiger partial charge is 0.253 e. The summed E-state index contributed by atoms with van der Waals surface area (Å²) in [6.07, 6.45) is 0.486. The Kier molecular flexibility index (Phi) is 7.53. The normalized spacial score (nSPS) is 14.6. The van der Waals surface area contributed by atoms with Crippen LogP contribution in [0.5, 0.6) is 17.2 Å². The minimum absolute atomic E-state index is 0.239. The molecule has 0 aliphatic carbocycles. The standard InChI is InChI=1S/C28H29N3O5/c1-18(32)31(14-13-19-15-22(35-3)17-23(16-19)36-4)27-26(20-9-11-21(34-2)12-10-20)29-24-7-5-6-8-25(24)30-28(27)33/h5-12,15-17,27H,13-14H2,1-4H3,(H,30,33). The van der Waals surface area contributed by atoms with Crippen molar-refractivity contribution in [2.75, 3.05) is 33.2 Å². The van der Waals surface area contributed by atoms with Crippen LogP contribution in [0.1, 0.15) is 18.1 Å². The summed E-state index contributed by atoms with van der Waals surface area (Å²) in [6.45, 7) is 1.75. The van der Waals surface area contributed by atoms with E-state index in [2.05, 4.69) is 5.32 Å². The highest BCUT2D eigenvalue weighted by atomic mass is 16.5. The lowest BCUT2D eigenvalue weighted by molar-refractivity contribution is -0.134. The highest BCUT2D eigenvalue weighted by Crippen LogP contribution is 2.31. The lowest BCUT2D eigenvalue weighted by Gasteiger charge is -2.30. The lowest BCUT2D eigenvalue weighted by Crippen LogP contribution is -2.51. The molecule has 1 aliphatic heterocycles. The van der Waals surface area contributed by atoms with Crippen molar-refractivity contribution in [1.82, 2.24) is 4.90 Å². The van der Waals surface area contributed by atoms with E-state index >= 15 is 0 Å². The average Bonchev–Trinajstić information content (AvgIpc) is 3.04. The molecule has 1 unspecified atom stereocenters. The number of benzene rings is 3. The first-order valence-corrected chi connectivity index (χ1v) is 11.6. The molecule has 1 N–H and O–H groups in total. The maximum Gasteiger partial charge on any atom is 0.253 e. The fraction of sp³-hybridized carbons (Fsp3) is 0.250. The van der Waals surface area contributed by atoms with Gasteiger partial charge in [-0.1, -0.05) is 12.1 Å². The fourth-order valence-corrected chi connectivity index (χ4v) is 4.19. The van der Waals surface area contributed by atoms with Crippen molar-refractivity contribution >= 4 is 28.9 Å². The Labute approximate surface area is 210 Å². The molecule has 0 fully saturated rings. The van der Waals surface area contributed by atoms with Gasteiger partial charge in [-0.25, -0.2) is 4.99 Å². The minimum Gasteiger partial charge on any atom is -0.497 e. The number of nitrogens with zero attached hydrogens (tertiary/aromatic N) is 2. The molecule has 3 aromatic carbocycles. The molecule has 1 aliphatic rings. The molecule has 2 amide bonds. The van der Waals surface area contributed by atoms with Crippen LogP contribution in [0, 0.1) is 0 Å². The van der Waals surface area contributed by atoms with Crippen molar-refractivity contribution < 1.29 is 23.8 Å². The second kappa shape index (κ2) is 10.9. The molecular formula is C28H29N3O5. The number of hydrogen-bond donors (Lipinski definition) is 1. The summed E-state index contributed by atoms with van der Waals surface area (Å²) in [6, 6.07) is 19.3. The number of nitrogens with one attached hydrogen (secondary N) is 1. The van der Waals surface area contributed by atoms with Gasteiger partial charge in [0.2, 0.25) is 5.91 Å². The number of methoxy groups -OCH3 is 3. The Hall–Kier alpha value is -4.33. The monoisotopic (exact) mass is 487 g/mol. The van der Waals surface area contributed by atoms with E-state index in [0.717, 1.165) is 11.1 Å². The van der Waals surface area contributed by atoms with Crippen LogP contribution in [-0.4, -0.2) is 56.3 Å². The number of anilines is 1. The van der Waals surface area contributed by atoms with E-state index < -0.39 is 6.04 Å². The number of fused-ring (bicyclic) bond motifs is 1. The summed E-state index contributed by atoms with van der Waals surface area (Å²) in [5, 5.41) is 2.95. The molecule has 0 saturated heterocycles. The Morgan fingerprint density at radius 3 is 2.17 bits per heavy atom. The molecule has 0 radical (unpaired) electrons. The molecular weight excluding hydrogens is 458 g/mol. The first kappa shape index (κ1) is 24.8. The number of para-hydroxylation sites is 2. The van der Waals surface area contributed by atoms with Gasteiger partial charge in [-0.3, -0.25) is 9.59 Å². The van der Waals surface area contributed by atoms with Gasteiger partial charge in [0.05, 0.1) is 38.4 Å². The summed E-state index contributed by atoms with van der Waals surface area (Å²) in [4.78, 5) is 33.0. The third kappa shape index (κ3) is 5.33. The lowest BCUT2D eigenvalue weighted by atomic mass is 9.99. The topological polar surface area (TPSA) is 89.5 Å². The number of rotatable bonds is 8. The number of ether oxygens (including phenoxy) is 3. The van der Waals surface area contributed by atoms with Crippen molar-refractivity contribution in [3.63, 3.8) is 0 Å². The molecule has 36 heavy (non-hydrogen) atoms. The molecule has 0 bridgehead atoms. The molecule has 0 saturated carbocycles. The second-order valence-electron chi connectivity index (χ2n) is 8.32. The third-order valence-electron chi connectivity index (χ3n) is 6.06. The van der Waals surface area contributed by atoms with Crippen LogP contribution in [0.4, 0.5) is 11.4 Å². The van der Waals surface area contributed by atoms with E-state index in [0.29, 0.717) is 40.8 Å². The van der Waals surface area contributed by atoms with E-state index in [1.807, 2.05) is 54.6 Å². The number of hydrogen-bond acceptors (Lipinski definition) is 6. The van der Waals surface area contributed by atoms with Gasteiger partial charge in [-0.2, -0.15) is 0 Å². The molecule has 1 heterocycles. The molecule has 4 rings (SSSR count). The van der Waals surface area contributed by atoms with Gasteiger partial charge in [0.1, 0.15) is 17.2 Å². The Balaban J connectivity index is 1.74. The molecule has 0 spiro atoms. The van der Waals surface area contributed by atoms with Crippen molar-refractivity contribution in [3.05, 3.63) is 77.9 Å². The van der Waals surface area contributed by atoms with Gasteiger partial charge in [0.25, 0.3) is 5.91 Å². The zero-order chi connectivity index (χ0) is 25.7. The van der Waals surface area contributed by atoms with E-state index in [9.17, 15) is 9.59 Å². The summed E-state index contributed by atoms with van der Waals surface area (Å²) < 4.78 is 16.0. The summed E-state index contributed by atoms with van der Waals surface area (Å²) in [7, 11) is 4.77. The molecule has 0 aromatic heterocycles. The van der Waals surface area contributed by atoms with Crippen molar-refractivity contribution in [3.8, 4) is 17.2 Å². The molecule has 3 aromatic rings. The zero-order valence-corrected chi connectivity index (χ0v) is 20.8. The maximum atomic E-state index is 13.6. The number of carbonyl (C=O) groups is 2. The van der Waals surface area contributed by atoms with Crippen LogP contribution in [0.15, 0.2) is 71.7 Å². The van der Waals surface area contributed by atoms with Crippen LogP contribution < -0.4 is 19.5 Å². The SMILES string of the molecule is COc1ccc(C2=Nc3ccccc3NC(=O)C2N(CCc2cc(OC)cc(OC)c2)C(C)=O)cc1. The highest BCUT2D eigenvalue weighted by Gasteiger charge is 2.35. The van der Waals surface area contributed by atoms with Crippen LogP contribution >= 0.6 is 0 Å².